The summed E-state index contributed by atoms with van der Waals surface area (Å²) in [6, 6.07) is 42.8. The first-order valence-corrected chi connectivity index (χ1v) is 15.1. The maximum atomic E-state index is 5.03. The van der Waals surface area contributed by atoms with E-state index in [1.807, 2.05) is 85.2 Å². The Bertz CT molecular complexity index is 2240. The van der Waals surface area contributed by atoms with Crippen LogP contribution in [0.25, 0.3) is 66.7 Å². The third-order valence-corrected chi connectivity index (χ3v) is 7.69. The Labute approximate surface area is 287 Å². The van der Waals surface area contributed by atoms with Gasteiger partial charge in [0.2, 0.25) is 0 Å². The van der Waals surface area contributed by atoms with Crippen LogP contribution in [0.3, 0.4) is 0 Å². The zero-order valence-corrected chi connectivity index (χ0v) is 28.2. The molecule has 0 fully saturated rings. The summed E-state index contributed by atoms with van der Waals surface area (Å²) < 4.78 is 0. The molecule has 0 aliphatic rings. The van der Waals surface area contributed by atoms with Crippen molar-refractivity contribution in [3.63, 3.8) is 0 Å². The summed E-state index contributed by atoms with van der Waals surface area (Å²) in [6.07, 6.45) is 9.12. The van der Waals surface area contributed by atoms with Gasteiger partial charge < -0.3 is 9.97 Å². The first-order valence-electron chi connectivity index (χ1n) is 15.1. The van der Waals surface area contributed by atoms with Crippen molar-refractivity contribution in [3.8, 4) is 45.0 Å². The molecule has 8 aromatic rings. The van der Waals surface area contributed by atoms with Crippen molar-refractivity contribution in [2.75, 3.05) is 0 Å². The molecule has 0 unspecified atom stereocenters. The largest absolute Gasteiger partial charge is 0.305 e. The summed E-state index contributed by atoms with van der Waals surface area (Å²) in [7, 11) is 0. The van der Waals surface area contributed by atoms with Crippen LogP contribution in [0.5, 0.6) is 0 Å². The quantitative estimate of drug-likeness (QED) is 0.132. The fraction of sp³-hybridized carbons (Fsp3) is 0.0488. The van der Waals surface area contributed by atoms with Gasteiger partial charge in [-0.05, 0) is 65.8 Å². The fourth-order valence-corrected chi connectivity index (χ4v) is 5.46. The second-order valence-corrected chi connectivity index (χ2v) is 11.0. The molecule has 0 aliphatic carbocycles. The van der Waals surface area contributed by atoms with Gasteiger partial charge in [-0.3, -0.25) is 9.97 Å². The number of nitrogens with zero attached hydrogens (tertiary/aromatic N) is 5. The Balaban J connectivity index is 0.000000250. The summed E-state index contributed by atoms with van der Waals surface area (Å²) in [5.41, 5.74) is 10.8. The van der Waals surface area contributed by atoms with E-state index in [-0.39, 0.29) is 20.1 Å². The summed E-state index contributed by atoms with van der Waals surface area (Å²) >= 11 is 0. The summed E-state index contributed by atoms with van der Waals surface area (Å²) in [4.78, 5) is 23.0. The number of pyridine rings is 3. The van der Waals surface area contributed by atoms with Crippen molar-refractivity contribution in [2.45, 2.75) is 13.8 Å². The van der Waals surface area contributed by atoms with Gasteiger partial charge in [0.1, 0.15) is 0 Å². The topological polar surface area (TPSA) is 64.5 Å². The van der Waals surface area contributed by atoms with Gasteiger partial charge in [-0.15, -0.1) is 65.7 Å². The SMILES string of the molecule is Cc1ccc2c(c1)c(-c1cncc(-c3cc[c-]c(-c4ccccn4)c3)n1)cc1ncc(C)cc12.[Ir].[c-]1ccccc1-c1ccccn1. The molecular formula is C41H29IrN5-2. The molecule has 4 aromatic heterocycles. The Hall–Kier alpha value is -5.42. The van der Waals surface area contributed by atoms with E-state index in [4.69, 9.17) is 9.97 Å². The van der Waals surface area contributed by atoms with Crippen molar-refractivity contribution < 1.29 is 20.1 Å². The van der Waals surface area contributed by atoms with Crippen molar-refractivity contribution in [3.05, 3.63) is 163 Å². The number of fused-ring (bicyclic) bond motifs is 3. The van der Waals surface area contributed by atoms with Crippen LogP contribution in [0.2, 0.25) is 0 Å². The Morgan fingerprint density at radius 3 is 1.98 bits per heavy atom. The number of aryl methyl sites for hydroxylation is 2. The van der Waals surface area contributed by atoms with E-state index in [1.54, 1.807) is 18.6 Å². The van der Waals surface area contributed by atoms with Gasteiger partial charge in [0.05, 0.1) is 29.3 Å². The van der Waals surface area contributed by atoms with Crippen molar-refractivity contribution in [1.82, 2.24) is 24.9 Å². The first kappa shape index (κ1) is 31.6. The van der Waals surface area contributed by atoms with Crippen LogP contribution >= 0.6 is 0 Å². The van der Waals surface area contributed by atoms with E-state index in [9.17, 15) is 0 Å². The molecule has 1 radical (unpaired) electrons. The second kappa shape index (κ2) is 14.3. The first-order chi connectivity index (χ1) is 22.6. The number of benzene rings is 4. The molecule has 0 aliphatic heterocycles. The van der Waals surface area contributed by atoms with Crippen LogP contribution in [0.1, 0.15) is 11.1 Å². The molecule has 0 atom stereocenters. The molecule has 0 saturated heterocycles. The Kier molecular flexibility index (Phi) is 9.63. The third kappa shape index (κ3) is 7.05. The standard InChI is InChI=1S/C30H21N4.C11H8N.Ir/c1-19-9-10-23-24(12-19)26(15-28-25(23)13-20(2)16-33-28)30-18-31-17-29(34-30)22-7-5-6-21(14-22)27-8-3-4-11-32-27;1-2-6-10(7-3-1)11-8-4-5-9-12-11;/h3-5,7-18H,1-2H3;1-6,8-9H;/q2*-1;. The van der Waals surface area contributed by atoms with E-state index in [0.717, 1.165) is 66.9 Å². The van der Waals surface area contributed by atoms with E-state index < -0.39 is 0 Å². The van der Waals surface area contributed by atoms with E-state index in [1.165, 1.54) is 10.9 Å². The van der Waals surface area contributed by atoms with Crippen molar-refractivity contribution in [1.29, 1.82) is 0 Å². The van der Waals surface area contributed by atoms with Crippen LogP contribution in [0, 0.1) is 26.0 Å². The minimum absolute atomic E-state index is 0. The van der Waals surface area contributed by atoms with Crippen molar-refractivity contribution >= 4 is 21.7 Å². The predicted molar refractivity (Wildman–Crippen MR) is 186 cm³/mol. The van der Waals surface area contributed by atoms with Gasteiger partial charge in [-0.1, -0.05) is 53.6 Å². The van der Waals surface area contributed by atoms with E-state index in [0.29, 0.717) is 0 Å². The zero-order valence-electron chi connectivity index (χ0n) is 25.8. The molecule has 5 nitrogen and oxygen atoms in total. The van der Waals surface area contributed by atoms with Gasteiger partial charge in [0.25, 0.3) is 0 Å². The number of aromatic nitrogens is 5. The van der Waals surface area contributed by atoms with E-state index >= 15 is 0 Å². The average Bonchev–Trinajstić information content (AvgIpc) is 3.13. The van der Waals surface area contributed by atoms with Crippen LogP contribution in [-0.4, -0.2) is 24.9 Å². The Morgan fingerprint density at radius 1 is 0.511 bits per heavy atom. The van der Waals surface area contributed by atoms with Crippen LogP contribution in [-0.2, 0) is 20.1 Å². The van der Waals surface area contributed by atoms with Crippen LogP contribution in [0.4, 0.5) is 0 Å². The molecule has 0 spiro atoms. The zero-order chi connectivity index (χ0) is 31.3. The molecule has 229 valence electrons. The van der Waals surface area contributed by atoms with Gasteiger partial charge in [0.15, 0.2) is 0 Å². The van der Waals surface area contributed by atoms with Crippen molar-refractivity contribution in [2.24, 2.45) is 0 Å². The maximum absolute atomic E-state index is 5.03. The molecule has 8 rings (SSSR count). The van der Waals surface area contributed by atoms with E-state index in [2.05, 4.69) is 77.3 Å². The number of rotatable bonds is 4. The molecule has 0 saturated carbocycles. The molecule has 0 N–H and O–H groups in total. The average molecular weight is 784 g/mol. The van der Waals surface area contributed by atoms with Crippen LogP contribution in [0.15, 0.2) is 140 Å². The fourth-order valence-electron chi connectivity index (χ4n) is 5.46. The maximum Gasteiger partial charge on any atom is 0.0899 e. The summed E-state index contributed by atoms with van der Waals surface area (Å²) in [5.74, 6) is 0. The number of hydrogen-bond donors (Lipinski definition) is 0. The second-order valence-electron chi connectivity index (χ2n) is 11.0. The smallest absolute Gasteiger partial charge is 0.0899 e. The molecule has 0 bridgehead atoms. The minimum atomic E-state index is 0. The molecule has 4 aromatic carbocycles. The molecular weight excluding hydrogens is 755 g/mol. The number of hydrogen-bond acceptors (Lipinski definition) is 5. The van der Waals surface area contributed by atoms with Gasteiger partial charge >= 0.3 is 0 Å². The molecule has 47 heavy (non-hydrogen) atoms. The molecule has 6 heteroatoms. The van der Waals surface area contributed by atoms with Gasteiger partial charge in [0, 0.05) is 49.6 Å². The minimum Gasteiger partial charge on any atom is -0.305 e. The normalized spacial score (nSPS) is 10.6. The molecule has 4 heterocycles. The van der Waals surface area contributed by atoms with Gasteiger partial charge in [-0.25, -0.2) is 4.98 Å². The summed E-state index contributed by atoms with van der Waals surface area (Å²) in [6.45, 7) is 4.19. The van der Waals surface area contributed by atoms with Gasteiger partial charge in [-0.2, -0.15) is 0 Å². The Morgan fingerprint density at radius 2 is 1.23 bits per heavy atom. The predicted octanol–water partition coefficient (Wildman–Crippen LogP) is 9.54. The third-order valence-electron chi connectivity index (χ3n) is 7.69. The monoisotopic (exact) mass is 784 g/mol. The summed E-state index contributed by atoms with van der Waals surface area (Å²) in [5, 5.41) is 3.48. The van der Waals surface area contributed by atoms with Crippen LogP contribution < -0.4 is 0 Å². The molecule has 0 amide bonds.